The Kier molecular flexibility index (Phi) is 4.91. The fourth-order valence-corrected chi connectivity index (χ4v) is 8.92. The molecule has 0 unspecified atom stereocenters. The van der Waals surface area contributed by atoms with Crippen molar-refractivity contribution in [2.24, 2.45) is 0 Å². The lowest BCUT2D eigenvalue weighted by molar-refractivity contribution is 0.667. The molecule has 0 atom stereocenters. The van der Waals surface area contributed by atoms with Crippen LogP contribution in [-0.2, 0) is 5.41 Å². The number of hydrogen-bond acceptors (Lipinski definition) is 1. The van der Waals surface area contributed by atoms with E-state index >= 15 is 0 Å². The maximum absolute atomic E-state index is 6.29. The molecule has 1 aliphatic carbocycles. The van der Waals surface area contributed by atoms with Gasteiger partial charge in [-0.15, -0.1) is 0 Å². The molecule has 226 valence electrons. The molecule has 3 aromatic heterocycles. The minimum Gasteiger partial charge on any atom is -0.456 e. The maximum atomic E-state index is 6.29. The Morgan fingerprint density at radius 3 is 1.88 bits per heavy atom. The van der Waals surface area contributed by atoms with E-state index in [1.807, 2.05) is 6.07 Å². The van der Waals surface area contributed by atoms with Gasteiger partial charge < -0.3 is 13.6 Å². The summed E-state index contributed by atoms with van der Waals surface area (Å²) >= 11 is 0. The van der Waals surface area contributed by atoms with Crippen molar-refractivity contribution in [3.8, 4) is 22.5 Å². The number of benzene rings is 7. The van der Waals surface area contributed by atoms with Gasteiger partial charge >= 0.3 is 0 Å². The molecule has 0 amide bonds. The third-order valence-corrected chi connectivity index (χ3v) is 10.9. The summed E-state index contributed by atoms with van der Waals surface area (Å²) in [5.74, 6) is 0. The maximum Gasteiger partial charge on any atom is 0.135 e. The van der Waals surface area contributed by atoms with Gasteiger partial charge in [-0.25, -0.2) is 0 Å². The van der Waals surface area contributed by atoms with Crippen LogP contribution in [0.5, 0.6) is 0 Å². The molecule has 0 spiro atoms. The average molecular weight is 615 g/mol. The zero-order chi connectivity index (χ0) is 31.7. The van der Waals surface area contributed by atoms with E-state index in [9.17, 15) is 0 Å². The van der Waals surface area contributed by atoms with Crippen LogP contribution in [0, 0.1) is 0 Å². The van der Waals surface area contributed by atoms with Crippen LogP contribution in [0.2, 0.25) is 0 Å². The fraction of sp³-hybridized carbons (Fsp3) is 0.0667. The van der Waals surface area contributed by atoms with E-state index in [4.69, 9.17) is 4.42 Å². The molecule has 3 heterocycles. The number of furan rings is 1. The molecule has 3 heteroatoms. The molecule has 3 nitrogen and oxygen atoms in total. The Balaban J connectivity index is 1.44. The molecule has 10 aromatic rings. The van der Waals surface area contributed by atoms with Crippen molar-refractivity contribution >= 4 is 65.6 Å². The minimum atomic E-state index is -0.212. The monoisotopic (exact) mass is 614 g/mol. The molecular weight excluding hydrogens is 585 g/mol. The van der Waals surface area contributed by atoms with Crippen LogP contribution in [0.15, 0.2) is 150 Å². The molecular formula is C45H30N2O. The summed E-state index contributed by atoms with van der Waals surface area (Å²) in [6.45, 7) is 4.82. The molecule has 1 aliphatic rings. The van der Waals surface area contributed by atoms with Gasteiger partial charge in [0.2, 0.25) is 0 Å². The Morgan fingerprint density at radius 1 is 0.479 bits per heavy atom. The largest absolute Gasteiger partial charge is 0.456 e. The van der Waals surface area contributed by atoms with E-state index in [0.717, 1.165) is 27.6 Å². The molecule has 48 heavy (non-hydrogen) atoms. The second kappa shape index (κ2) is 9.05. The van der Waals surface area contributed by atoms with E-state index in [-0.39, 0.29) is 5.41 Å². The smallest absolute Gasteiger partial charge is 0.135 e. The molecule has 7 aromatic carbocycles. The highest BCUT2D eigenvalue weighted by Crippen LogP contribution is 2.58. The molecule has 0 saturated carbocycles. The van der Waals surface area contributed by atoms with Crippen LogP contribution in [0.3, 0.4) is 0 Å². The van der Waals surface area contributed by atoms with Gasteiger partial charge in [-0.05, 0) is 65.2 Å². The quantitative estimate of drug-likeness (QED) is 0.190. The summed E-state index contributed by atoms with van der Waals surface area (Å²) in [6, 6.07) is 52.9. The van der Waals surface area contributed by atoms with Crippen LogP contribution < -0.4 is 0 Å². The van der Waals surface area contributed by atoms with Crippen LogP contribution in [-0.4, -0.2) is 9.13 Å². The number of hydrogen-bond donors (Lipinski definition) is 0. The van der Waals surface area contributed by atoms with Crippen molar-refractivity contribution in [2.45, 2.75) is 19.3 Å². The third-order valence-electron chi connectivity index (χ3n) is 10.9. The summed E-state index contributed by atoms with van der Waals surface area (Å²) in [4.78, 5) is 0. The van der Waals surface area contributed by atoms with E-state index in [2.05, 4.69) is 163 Å². The van der Waals surface area contributed by atoms with E-state index < -0.39 is 0 Å². The second-order valence-corrected chi connectivity index (χ2v) is 13.7. The predicted octanol–water partition coefficient (Wildman–Crippen LogP) is 12.1. The zero-order valence-electron chi connectivity index (χ0n) is 26.7. The van der Waals surface area contributed by atoms with Crippen LogP contribution in [0.25, 0.3) is 88.1 Å². The molecule has 0 saturated heterocycles. The predicted molar refractivity (Wildman–Crippen MR) is 200 cm³/mol. The van der Waals surface area contributed by atoms with Crippen molar-refractivity contribution < 1.29 is 4.42 Å². The summed E-state index contributed by atoms with van der Waals surface area (Å²) in [6.07, 6.45) is 0. The van der Waals surface area contributed by atoms with Gasteiger partial charge in [0.05, 0.1) is 22.1 Å². The minimum absolute atomic E-state index is 0.212. The Hall–Kier alpha value is -6.06. The van der Waals surface area contributed by atoms with E-state index in [1.54, 1.807) is 0 Å². The molecule has 0 aliphatic heterocycles. The van der Waals surface area contributed by atoms with Crippen molar-refractivity contribution in [3.63, 3.8) is 0 Å². The molecule has 0 N–H and O–H groups in total. The van der Waals surface area contributed by atoms with Gasteiger partial charge in [-0.1, -0.05) is 111 Å². The van der Waals surface area contributed by atoms with Crippen molar-refractivity contribution in [2.75, 3.05) is 0 Å². The van der Waals surface area contributed by atoms with Crippen LogP contribution in [0.4, 0.5) is 0 Å². The molecule has 0 radical (unpaired) electrons. The first-order valence-electron chi connectivity index (χ1n) is 16.7. The number of aromatic nitrogens is 2. The Bertz CT molecular complexity index is 2970. The highest BCUT2D eigenvalue weighted by Gasteiger charge is 2.41. The summed E-state index contributed by atoms with van der Waals surface area (Å²) in [5.41, 5.74) is 14.3. The van der Waals surface area contributed by atoms with Gasteiger partial charge in [0, 0.05) is 54.7 Å². The number of fused-ring (bicyclic) bond motifs is 15. The lowest BCUT2D eigenvalue weighted by Crippen LogP contribution is -2.15. The van der Waals surface area contributed by atoms with Crippen molar-refractivity contribution in [3.05, 3.63) is 157 Å². The van der Waals surface area contributed by atoms with Gasteiger partial charge in [0.25, 0.3) is 0 Å². The van der Waals surface area contributed by atoms with Gasteiger partial charge in [-0.3, -0.25) is 0 Å². The molecule has 0 bridgehead atoms. The Morgan fingerprint density at radius 2 is 1.08 bits per heavy atom. The second-order valence-electron chi connectivity index (χ2n) is 13.7. The highest BCUT2D eigenvalue weighted by atomic mass is 16.3. The van der Waals surface area contributed by atoms with Gasteiger partial charge in [0.15, 0.2) is 0 Å². The first kappa shape index (κ1) is 26.1. The lowest BCUT2D eigenvalue weighted by atomic mass is 9.80. The molecule has 0 fully saturated rings. The third kappa shape index (κ3) is 3.14. The van der Waals surface area contributed by atoms with E-state index in [1.165, 1.54) is 71.6 Å². The summed E-state index contributed by atoms with van der Waals surface area (Å²) in [5, 5.41) is 7.43. The number of rotatable bonds is 2. The number of para-hydroxylation sites is 4. The van der Waals surface area contributed by atoms with Crippen LogP contribution >= 0.6 is 0 Å². The topological polar surface area (TPSA) is 23.0 Å². The van der Waals surface area contributed by atoms with Crippen LogP contribution in [0.1, 0.15) is 25.0 Å². The Labute approximate surface area is 276 Å². The fourth-order valence-electron chi connectivity index (χ4n) is 8.92. The normalized spacial score (nSPS) is 13.8. The van der Waals surface area contributed by atoms with Gasteiger partial charge in [0.1, 0.15) is 11.2 Å². The number of nitrogens with zero attached hydrogens (tertiary/aromatic N) is 2. The van der Waals surface area contributed by atoms with Gasteiger partial charge in [-0.2, -0.15) is 0 Å². The summed E-state index contributed by atoms with van der Waals surface area (Å²) in [7, 11) is 0. The molecule has 11 rings (SSSR count). The van der Waals surface area contributed by atoms with Crippen molar-refractivity contribution in [1.82, 2.24) is 9.13 Å². The zero-order valence-corrected chi connectivity index (χ0v) is 26.7. The first-order valence-corrected chi connectivity index (χ1v) is 16.7. The highest BCUT2D eigenvalue weighted by molar-refractivity contribution is 6.31. The van der Waals surface area contributed by atoms with Crippen molar-refractivity contribution in [1.29, 1.82) is 0 Å². The first-order chi connectivity index (χ1) is 23.6. The summed E-state index contributed by atoms with van der Waals surface area (Å²) < 4.78 is 11.3. The SMILES string of the molecule is CC1(C)c2ccccc2-c2c1c1c3ccccc3n(-c3ccccc3)c1c1c3ccccc3n(-c3ccc4oc5ccccc5c4c3)c21. The average Bonchev–Trinajstić information content (AvgIpc) is 3.84. The lowest BCUT2D eigenvalue weighted by Gasteiger charge is -2.23. The standard InChI is InChI=1S/C45H30N2O/c1-45(2)34-20-10-6-17-30(34)39-42(45)40-31-18-7-11-21-35(31)46(27-14-4-3-5-15-27)44(40)41-32-19-8-12-22-36(32)47(43(39)41)28-24-25-38-33(26-28)29-16-9-13-23-37(29)48-38/h3-26H,1-2H3. The van der Waals surface area contributed by atoms with E-state index in [0.29, 0.717) is 0 Å².